The summed E-state index contributed by atoms with van der Waals surface area (Å²) < 4.78 is 41.4. The third-order valence-electron chi connectivity index (χ3n) is 6.77. The van der Waals surface area contributed by atoms with Crippen molar-refractivity contribution in [3.8, 4) is 0 Å². The summed E-state index contributed by atoms with van der Waals surface area (Å²) in [6, 6.07) is 5.29. The monoisotopic (exact) mass is 452 g/mol. The summed E-state index contributed by atoms with van der Waals surface area (Å²) in [7, 11) is 0. The molecule has 33 heavy (non-hydrogen) atoms. The highest BCUT2D eigenvalue weighted by Crippen LogP contribution is 2.47. The van der Waals surface area contributed by atoms with Crippen LogP contribution in [0, 0.1) is 5.92 Å². The highest BCUT2D eigenvalue weighted by Gasteiger charge is 2.42. The molecule has 1 aromatic carbocycles. The van der Waals surface area contributed by atoms with Crippen LogP contribution >= 0.6 is 0 Å². The molecule has 1 aliphatic heterocycles. The lowest BCUT2D eigenvalue weighted by Gasteiger charge is -2.38. The van der Waals surface area contributed by atoms with E-state index in [1.54, 1.807) is 27.9 Å². The summed E-state index contributed by atoms with van der Waals surface area (Å²) in [6.07, 6.45) is 2.54. The van der Waals surface area contributed by atoms with Crippen molar-refractivity contribution in [3.05, 3.63) is 65.4 Å². The number of likely N-dealkylation sites (tertiary alicyclic amines) is 1. The van der Waals surface area contributed by atoms with E-state index >= 15 is 0 Å². The van der Waals surface area contributed by atoms with Gasteiger partial charge in [0.1, 0.15) is 22.5 Å². The first-order valence-electron chi connectivity index (χ1n) is 10.7. The van der Waals surface area contributed by atoms with Crippen molar-refractivity contribution in [2.45, 2.75) is 31.5 Å². The van der Waals surface area contributed by atoms with Crippen LogP contribution in [0.1, 0.15) is 46.1 Å². The third kappa shape index (κ3) is 3.04. The van der Waals surface area contributed by atoms with E-state index in [1.807, 2.05) is 0 Å². The van der Waals surface area contributed by atoms with Gasteiger partial charge in [-0.3, -0.25) is 9.20 Å². The molecular weight excluding hydrogens is 433 g/mol. The van der Waals surface area contributed by atoms with Crippen molar-refractivity contribution in [1.29, 1.82) is 0 Å². The Balaban J connectivity index is 1.40. The highest BCUT2D eigenvalue weighted by atomic mass is 19.4. The van der Waals surface area contributed by atoms with Gasteiger partial charge in [0.15, 0.2) is 0 Å². The number of carbonyl (C=O) groups excluding carboxylic acids is 1. The highest BCUT2D eigenvalue weighted by molar-refractivity contribution is 5.96. The number of nitrogens with two attached hydrogens (primary N) is 1. The molecule has 1 saturated heterocycles. The molecule has 4 heterocycles. The number of fused-ring (bicyclic) bond motifs is 6. The molecule has 1 unspecified atom stereocenters. The zero-order chi connectivity index (χ0) is 22.9. The van der Waals surface area contributed by atoms with Crippen LogP contribution in [0.15, 0.2) is 43.0 Å². The molecule has 7 nitrogen and oxygen atoms in total. The predicted molar refractivity (Wildman–Crippen MR) is 114 cm³/mol. The largest absolute Gasteiger partial charge is 0.416 e. The molecule has 0 spiro atoms. The topological polar surface area (TPSA) is 89.4 Å². The number of benzene rings is 1. The Labute approximate surface area is 186 Å². The zero-order valence-electron chi connectivity index (χ0n) is 17.4. The summed E-state index contributed by atoms with van der Waals surface area (Å²) in [4.78, 5) is 28.1. The van der Waals surface area contributed by atoms with Crippen LogP contribution < -0.4 is 5.73 Å². The number of nitrogens with zero attached hydrogens (tertiary/aromatic N) is 5. The van der Waals surface area contributed by atoms with Gasteiger partial charge in [-0.2, -0.15) is 13.2 Å². The second kappa shape index (κ2) is 6.90. The summed E-state index contributed by atoms with van der Waals surface area (Å²) >= 11 is 0. The average molecular weight is 452 g/mol. The van der Waals surface area contributed by atoms with Gasteiger partial charge in [0, 0.05) is 6.54 Å². The van der Waals surface area contributed by atoms with Gasteiger partial charge < -0.3 is 10.6 Å². The smallest absolute Gasteiger partial charge is 0.382 e. The maximum Gasteiger partial charge on any atom is 0.416 e. The second-order valence-corrected chi connectivity index (χ2v) is 8.67. The first kappa shape index (κ1) is 20.0. The van der Waals surface area contributed by atoms with E-state index in [2.05, 4.69) is 15.0 Å². The lowest BCUT2D eigenvalue weighted by molar-refractivity contribution is -0.137. The third-order valence-corrected chi connectivity index (χ3v) is 6.77. The fourth-order valence-corrected chi connectivity index (χ4v) is 5.31. The number of nitrogen functional groups attached to an aromatic ring is 1. The van der Waals surface area contributed by atoms with Crippen molar-refractivity contribution >= 4 is 28.3 Å². The Hall–Kier alpha value is -3.69. The van der Waals surface area contributed by atoms with Crippen molar-refractivity contribution < 1.29 is 18.0 Å². The molecule has 6 rings (SSSR count). The maximum absolute atomic E-state index is 13.6. The molecule has 1 fully saturated rings. The van der Waals surface area contributed by atoms with Crippen LogP contribution in [0.5, 0.6) is 0 Å². The zero-order valence-corrected chi connectivity index (χ0v) is 17.4. The standard InChI is InChI=1S/C23H19F3N6O/c24-23(25,26)14-3-4-15-13(7-14)6-12-2-1-5-31(20(12)15)22(33)16-8-18-17(9-29-16)30-21(27)19-10-28-11-32(18)19/h3-4,7-12,20H,1-2,5-6H2,(H2,27,30)/t12?,20-/m1/s1. The SMILES string of the molecule is Nc1nc2cnc(C(=O)N3CCCC4Cc5cc(C(F)(F)F)ccc5[C@@H]43)cc2n2cncc12. The van der Waals surface area contributed by atoms with Crippen molar-refractivity contribution in [3.63, 3.8) is 0 Å². The summed E-state index contributed by atoms with van der Waals surface area (Å²) in [5, 5.41) is 0. The number of imidazole rings is 1. The first-order valence-corrected chi connectivity index (χ1v) is 10.7. The normalized spacial score (nSPS) is 20.3. The minimum atomic E-state index is -4.39. The molecule has 1 amide bonds. The van der Waals surface area contributed by atoms with Gasteiger partial charge in [-0.05, 0) is 54.5 Å². The number of anilines is 1. The van der Waals surface area contributed by atoms with E-state index < -0.39 is 11.7 Å². The number of amides is 1. The summed E-state index contributed by atoms with van der Waals surface area (Å²) in [5.41, 5.74) is 8.89. The van der Waals surface area contributed by atoms with Gasteiger partial charge in [0.05, 0.1) is 35.8 Å². The molecule has 0 saturated carbocycles. The molecule has 4 aromatic rings. The van der Waals surface area contributed by atoms with E-state index in [1.165, 1.54) is 18.3 Å². The van der Waals surface area contributed by atoms with Gasteiger partial charge in [-0.1, -0.05) is 6.07 Å². The number of hydrogen-bond donors (Lipinski definition) is 1. The fraction of sp³-hybridized carbons (Fsp3) is 0.304. The summed E-state index contributed by atoms with van der Waals surface area (Å²) in [6.45, 7) is 0.528. The predicted octanol–water partition coefficient (Wildman–Crippen LogP) is 4.03. The van der Waals surface area contributed by atoms with Crippen LogP contribution in [0.25, 0.3) is 16.6 Å². The minimum absolute atomic E-state index is 0.100. The average Bonchev–Trinajstić information content (AvgIpc) is 3.43. The lowest BCUT2D eigenvalue weighted by Crippen LogP contribution is -2.41. The van der Waals surface area contributed by atoms with Crippen molar-refractivity contribution in [2.75, 3.05) is 12.3 Å². The quantitative estimate of drug-likeness (QED) is 0.471. The molecule has 2 aliphatic rings. The molecule has 0 radical (unpaired) electrons. The van der Waals surface area contributed by atoms with Gasteiger partial charge in [0.25, 0.3) is 5.91 Å². The number of carbonyl (C=O) groups is 1. The molecular formula is C23H19F3N6O. The number of rotatable bonds is 1. The van der Waals surface area contributed by atoms with Crippen molar-refractivity contribution in [1.82, 2.24) is 24.3 Å². The fourth-order valence-electron chi connectivity index (χ4n) is 5.31. The number of hydrogen-bond acceptors (Lipinski definition) is 5. The van der Waals surface area contributed by atoms with Crippen LogP contribution in [0.2, 0.25) is 0 Å². The Morgan fingerprint density at radius 2 is 2.00 bits per heavy atom. The number of aromatic nitrogens is 4. The lowest BCUT2D eigenvalue weighted by atomic mass is 9.89. The molecule has 1 aliphatic carbocycles. The Morgan fingerprint density at radius 1 is 1.15 bits per heavy atom. The first-order chi connectivity index (χ1) is 15.8. The van der Waals surface area contributed by atoms with E-state index in [-0.39, 0.29) is 23.6 Å². The Morgan fingerprint density at radius 3 is 2.82 bits per heavy atom. The molecule has 3 aromatic heterocycles. The van der Waals surface area contributed by atoms with E-state index in [0.717, 1.165) is 24.5 Å². The molecule has 10 heteroatoms. The van der Waals surface area contributed by atoms with E-state index in [4.69, 9.17) is 5.73 Å². The second-order valence-electron chi connectivity index (χ2n) is 8.67. The Kier molecular flexibility index (Phi) is 4.17. The van der Waals surface area contributed by atoms with Crippen LogP contribution in [-0.2, 0) is 12.6 Å². The Bertz CT molecular complexity index is 1430. The van der Waals surface area contributed by atoms with Crippen LogP contribution in [-0.4, -0.2) is 36.7 Å². The molecule has 2 atom stereocenters. The van der Waals surface area contributed by atoms with Gasteiger partial charge in [0.2, 0.25) is 0 Å². The van der Waals surface area contributed by atoms with Gasteiger partial charge in [-0.25, -0.2) is 15.0 Å². The molecule has 0 bridgehead atoms. The van der Waals surface area contributed by atoms with Gasteiger partial charge >= 0.3 is 6.18 Å². The van der Waals surface area contributed by atoms with Crippen molar-refractivity contribution in [2.24, 2.45) is 5.92 Å². The van der Waals surface area contributed by atoms with E-state index in [9.17, 15) is 18.0 Å². The minimum Gasteiger partial charge on any atom is -0.382 e. The van der Waals surface area contributed by atoms with Crippen LogP contribution in [0.3, 0.4) is 0 Å². The number of piperidine rings is 1. The van der Waals surface area contributed by atoms with E-state index in [0.29, 0.717) is 40.9 Å². The van der Waals surface area contributed by atoms with Crippen LogP contribution in [0.4, 0.5) is 19.0 Å². The van der Waals surface area contributed by atoms with Gasteiger partial charge in [-0.15, -0.1) is 0 Å². The summed E-state index contributed by atoms with van der Waals surface area (Å²) in [5.74, 6) is 0.174. The number of halogens is 3. The molecule has 168 valence electrons. The maximum atomic E-state index is 13.6. The number of alkyl halides is 3. The molecule has 2 N–H and O–H groups in total. The number of pyridine rings is 1.